The Balaban J connectivity index is 0.00000144. The van der Waals surface area contributed by atoms with E-state index in [2.05, 4.69) is 23.7 Å². The number of nitrogens with one attached hydrogen (secondary N) is 1. The van der Waals surface area contributed by atoms with Crippen molar-refractivity contribution in [1.29, 1.82) is 0 Å². The van der Waals surface area contributed by atoms with Crippen molar-refractivity contribution >= 4 is 29.7 Å². The highest BCUT2D eigenvalue weighted by molar-refractivity contribution is 7.10. The average molecular weight is 275 g/mol. The molecule has 96 valence electrons. The van der Waals surface area contributed by atoms with Crippen molar-refractivity contribution in [2.75, 3.05) is 20.1 Å². The third-order valence-electron chi connectivity index (χ3n) is 3.13. The first-order chi connectivity index (χ1) is 7.68. The Morgan fingerprint density at radius 2 is 2.41 bits per heavy atom. The number of aryl methyl sites for hydroxylation is 1. The van der Waals surface area contributed by atoms with E-state index < -0.39 is 0 Å². The maximum Gasteiger partial charge on any atom is 0.227 e. The van der Waals surface area contributed by atoms with Crippen LogP contribution in [0.25, 0.3) is 0 Å². The molecule has 1 aliphatic heterocycles. The van der Waals surface area contributed by atoms with Gasteiger partial charge in [0.1, 0.15) is 0 Å². The summed E-state index contributed by atoms with van der Waals surface area (Å²) in [5.74, 6) is 0.461. The molecule has 1 atom stereocenters. The summed E-state index contributed by atoms with van der Waals surface area (Å²) in [5.41, 5.74) is 1.29. The first-order valence-electron chi connectivity index (χ1n) is 5.67. The minimum Gasteiger partial charge on any atom is -0.340 e. The van der Waals surface area contributed by atoms with Crippen LogP contribution in [0.5, 0.6) is 0 Å². The largest absolute Gasteiger partial charge is 0.340 e. The first kappa shape index (κ1) is 14.5. The molecule has 1 aromatic rings. The van der Waals surface area contributed by atoms with Crippen molar-refractivity contribution in [3.8, 4) is 0 Å². The lowest BCUT2D eigenvalue weighted by Gasteiger charge is -2.20. The second-order valence-corrected chi connectivity index (χ2v) is 5.41. The molecule has 0 aliphatic carbocycles. The SMILES string of the molecule is Cc1ccsc1CN(C)C(=O)C1CCNC1.Cl. The number of carbonyl (C=O) groups is 1. The third-order valence-corrected chi connectivity index (χ3v) is 4.14. The minimum atomic E-state index is 0. The Hall–Kier alpha value is -0.580. The molecule has 0 bridgehead atoms. The highest BCUT2D eigenvalue weighted by atomic mass is 35.5. The predicted octanol–water partition coefficient (Wildman–Crippen LogP) is 2.05. The number of thiophene rings is 1. The molecule has 1 saturated heterocycles. The summed E-state index contributed by atoms with van der Waals surface area (Å²) in [7, 11) is 1.90. The minimum absolute atomic E-state index is 0. The van der Waals surface area contributed by atoms with Crippen molar-refractivity contribution in [3.05, 3.63) is 21.9 Å². The van der Waals surface area contributed by atoms with Crippen molar-refractivity contribution in [3.63, 3.8) is 0 Å². The van der Waals surface area contributed by atoms with Gasteiger partial charge in [-0.3, -0.25) is 4.79 Å². The fraction of sp³-hybridized carbons (Fsp3) is 0.583. The molecule has 3 nitrogen and oxygen atoms in total. The van der Waals surface area contributed by atoms with Crippen LogP contribution in [0, 0.1) is 12.8 Å². The molecule has 0 radical (unpaired) electrons. The maximum atomic E-state index is 12.1. The quantitative estimate of drug-likeness (QED) is 0.915. The van der Waals surface area contributed by atoms with Crippen LogP contribution in [-0.4, -0.2) is 30.9 Å². The molecule has 17 heavy (non-hydrogen) atoms. The van der Waals surface area contributed by atoms with Gasteiger partial charge < -0.3 is 10.2 Å². The molecule has 0 spiro atoms. The van der Waals surface area contributed by atoms with Gasteiger partial charge in [0.25, 0.3) is 0 Å². The first-order valence-corrected chi connectivity index (χ1v) is 6.55. The van der Waals surface area contributed by atoms with E-state index in [9.17, 15) is 4.79 Å². The monoisotopic (exact) mass is 274 g/mol. The van der Waals surface area contributed by atoms with Gasteiger partial charge in [-0.2, -0.15) is 0 Å². The summed E-state index contributed by atoms with van der Waals surface area (Å²) < 4.78 is 0. The standard InChI is InChI=1S/C12H18N2OS.ClH/c1-9-4-6-16-11(9)8-14(2)12(15)10-3-5-13-7-10;/h4,6,10,13H,3,5,7-8H2,1-2H3;1H. The fourth-order valence-corrected chi connectivity index (χ4v) is 3.00. The van der Waals surface area contributed by atoms with Gasteiger partial charge in [-0.15, -0.1) is 23.7 Å². The van der Waals surface area contributed by atoms with Gasteiger partial charge >= 0.3 is 0 Å². The molecule has 1 amide bonds. The normalized spacial score (nSPS) is 18.8. The molecule has 0 saturated carbocycles. The lowest BCUT2D eigenvalue weighted by atomic mass is 10.1. The molecule has 1 N–H and O–H groups in total. The highest BCUT2D eigenvalue weighted by Crippen LogP contribution is 2.19. The molecule has 1 unspecified atom stereocenters. The van der Waals surface area contributed by atoms with E-state index in [-0.39, 0.29) is 24.2 Å². The molecular formula is C12H19ClN2OS. The van der Waals surface area contributed by atoms with E-state index in [0.717, 1.165) is 26.1 Å². The van der Waals surface area contributed by atoms with E-state index >= 15 is 0 Å². The van der Waals surface area contributed by atoms with E-state index in [4.69, 9.17) is 0 Å². The lowest BCUT2D eigenvalue weighted by Crippen LogP contribution is -2.33. The molecule has 0 aromatic carbocycles. The van der Waals surface area contributed by atoms with Crippen LogP contribution in [0.3, 0.4) is 0 Å². The number of carbonyl (C=O) groups excluding carboxylic acids is 1. The number of hydrogen-bond acceptors (Lipinski definition) is 3. The summed E-state index contributed by atoms with van der Waals surface area (Å²) in [5, 5.41) is 5.32. The molecule has 1 aromatic heterocycles. The molecule has 2 rings (SSSR count). The Bertz CT molecular complexity index is 374. The van der Waals surface area contributed by atoms with Crippen molar-refractivity contribution in [2.45, 2.75) is 19.9 Å². The zero-order valence-electron chi connectivity index (χ0n) is 10.2. The summed E-state index contributed by atoms with van der Waals surface area (Å²) in [6.45, 7) is 4.66. The fourth-order valence-electron chi connectivity index (χ4n) is 2.04. The third kappa shape index (κ3) is 3.44. The molecular weight excluding hydrogens is 256 g/mol. The summed E-state index contributed by atoms with van der Waals surface area (Å²) >= 11 is 1.73. The topological polar surface area (TPSA) is 32.3 Å². The van der Waals surface area contributed by atoms with Crippen molar-refractivity contribution in [1.82, 2.24) is 10.2 Å². The molecule has 5 heteroatoms. The van der Waals surface area contributed by atoms with Gasteiger partial charge in [0.15, 0.2) is 0 Å². The zero-order chi connectivity index (χ0) is 11.5. The van der Waals surface area contributed by atoms with E-state index in [1.54, 1.807) is 11.3 Å². The van der Waals surface area contributed by atoms with Gasteiger partial charge in [0.05, 0.1) is 12.5 Å². The average Bonchev–Trinajstić information content (AvgIpc) is 2.89. The number of amides is 1. The maximum absolute atomic E-state index is 12.1. The second kappa shape index (κ2) is 6.38. The number of hydrogen-bond donors (Lipinski definition) is 1. The van der Waals surface area contributed by atoms with Crippen LogP contribution < -0.4 is 5.32 Å². The van der Waals surface area contributed by atoms with Crippen LogP contribution in [0.15, 0.2) is 11.4 Å². The zero-order valence-corrected chi connectivity index (χ0v) is 11.9. The van der Waals surface area contributed by atoms with E-state index in [1.165, 1.54) is 10.4 Å². The smallest absolute Gasteiger partial charge is 0.227 e. The second-order valence-electron chi connectivity index (χ2n) is 4.41. The van der Waals surface area contributed by atoms with E-state index in [0.29, 0.717) is 0 Å². The predicted molar refractivity (Wildman–Crippen MR) is 73.8 cm³/mol. The van der Waals surface area contributed by atoms with Gasteiger partial charge in [-0.1, -0.05) is 0 Å². The van der Waals surface area contributed by atoms with Crippen LogP contribution in [0.4, 0.5) is 0 Å². The van der Waals surface area contributed by atoms with Gasteiger partial charge in [-0.05, 0) is 36.9 Å². The van der Waals surface area contributed by atoms with Gasteiger partial charge in [-0.25, -0.2) is 0 Å². The summed E-state index contributed by atoms with van der Waals surface area (Å²) in [6, 6.07) is 2.11. The van der Waals surface area contributed by atoms with Crippen LogP contribution in [0.2, 0.25) is 0 Å². The summed E-state index contributed by atoms with van der Waals surface area (Å²) in [6.07, 6.45) is 0.979. The van der Waals surface area contributed by atoms with Crippen molar-refractivity contribution in [2.24, 2.45) is 5.92 Å². The highest BCUT2D eigenvalue weighted by Gasteiger charge is 2.25. The van der Waals surface area contributed by atoms with Crippen LogP contribution >= 0.6 is 23.7 Å². The summed E-state index contributed by atoms with van der Waals surface area (Å²) in [4.78, 5) is 15.2. The number of nitrogens with zero attached hydrogens (tertiary/aromatic N) is 1. The Morgan fingerprint density at radius 3 is 2.94 bits per heavy atom. The van der Waals surface area contributed by atoms with Gasteiger partial charge in [0.2, 0.25) is 5.91 Å². The lowest BCUT2D eigenvalue weighted by molar-refractivity contribution is -0.134. The number of halogens is 1. The van der Waals surface area contributed by atoms with Crippen LogP contribution in [-0.2, 0) is 11.3 Å². The Labute approximate surface area is 113 Å². The van der Waals surface area contributed by atoms with E-state index in [1.807, 2.05) is 11.9 Å². The van der Waals surface area contributed by atoms with Crippen molar-refractivity contribution < 1.29 is 4.79 Å². The Morgan fingerprint density at radius 1 is 1.65 bits per heavy atom. The van der Waals surface area contributed by atoms with Crippen LogP contribution in [0.1, 0.15) is 16.9 Å². The molecule has 2 heterocycles. The molecule has 1 fully saturated rings. The Kier molecular flexibility index (Phi) is 5.43. The molecule has 1 aliphatic rings. The van der Waals surface area contributed by atoms with Gasteiger partial charge in [0, 0.05) is 18.5 Å². The number of rotatable bonds is 3.